The van der Waals surface area contributed by atoms with Crippen molar-refractivity contribution in [2.24, 2.45) is 0 Å². The van der Waals surface area contributed by atoms with Gasteiger partial charge in [-0.15, -0.1) is 0 Å². The molecule has 0 saturated carbocycles. The molecular weight excluding hydrogens is 364 g/mol. The summed E-state index contributed by atoms with van der Waals surface area (Å²) >= 11 is 0. The lowest BCUT2D eigenvalue weighted by atomic mass is 10.1. The first-order chi connectivity index (χ1) is 13.3. The molecule has 1 heterocycles. The van der Waals surface area contributed by atoms with E-state index in [4.69, 9.17) is 4.52 Å². The van der Waals surface area contributed by atoms with Gasteiger partial charge in [0.15, 0.2) is 5.69 Å². The molecule has 28 heavy (non-hydrogen) atoms. The van der Waals surface area contributed by atoms with Crippen LogP contribution in [0.25, 0.3) is 0 Å². The monoisotopic (exact) mass is 388 g/mol. The Morgan fingerprint density at radius 1 is 1.14 bits per heavy atom. The lowest BCUT2D eigenvalue weighted by Crippen LogP contribution is -2.53. The summed E-state index contributed by atoms with van der Waals surface area (Å²) < 4.78 is 4.81. The first-order valence-corrected chi connectivity index (χ1v) is 8.78. The number of rotatable bonds is 8. The van der Waals surface area contributed by atoms with Gasteiger partial charge in [0, 0.05) is 12.6 Å². The predicted octanol–water partition coefficient (Wildman–Crippen LogP) is 0.203. The molecule has 150 valence electrons. The maximum atomic E-state index is 12.3. The van der Waals surface area contributed by atoms with E-state index in [1.54, 1.807) is 6.92 Å². The zero-order chi connectivity index (χ0) is 20.7. The fourth-order valence-electron chi connectivity index (χ4n) is 2.34. The van der Waals surface area contributed by atoms with E-state index >= 15 is 0 Å². The van der Waals surface area contributed by atoms with Gasteiger partial charge < -0.3 is 25.6 Å². The van der Waals surface area contributed by atoms with E-state index in [9.17, 15) is 19.5 Å². The summed E-state index contributed by atoms with van der Waals surface area (Å²) in [4.78, 5) is 36.3. The van der Waals surface area contributed by atoms with Crippen LogP contribution in [-0.4, -0.2) is 46.7 Å². The molecule has 1 aromatic heterocycles. The molecule has 0 fully saturated rings. The molecule has 0 spiro atoms. The third-order valence-electron chi connectivity index (χ3n) is 3.95. The number of hydrogen-bond acceptors (Lipinski definition) is 6. The van der Waals surface area contributed by atoms with E-state index in [1.165, 1.54) is 13.0 Å². The lowest BCUT2D eigenvalue weighted by Gasteiger charge is -2.20. The molecule has 0 aliphatic carbocycles. The van der Waals surface area contributed by atoms with Crippen LogP contribution >= 0.6 is 0 Å². The SMILES string of the molecule is Cc1ccc(CNC(=O)CNC(=O)[C@@H](NC(=O)c2cc(C)on2)C(C)O)cc1. The highest BCUT2D eigenvalue weighted by atomic mass is 16.5. The third kappa shape index (κ3) is 6.20. The van der Waals surface area contributed by atoms with Gasteiger partial charge in [-0.25, -0.2) is 0 Å². The maximum absolute atomic E-state index is 12.3. The first kappa shape index (κ1) is 21.1. The van der Waals surface area contributed by atoms with Crippen molar-refractivity contribution in [1.29, 1.82) is 0 Å². The Bertz CT molecular complexity index is 829. The Balaban J connectivity index is 1.83. The Kier molecular flexibility index (Phi) is 7.28. The number of nitrogens with one attached hydrogen (secondary N) is 3. The van der Waals surface area contributed by atoms with Crippen LogP contribution in [0.5, 0.6) is 0 Å². The molecule has 3 amide bonds. The van der Waals surface area contributed by atoms with Crippen LogP contribution in [0.15, 0.2) is 34.9 Å². The summed E-state index contributed by atoms with van der Waals surface area (Å²) in [5, 5.41) is 20.8. The molecule has 4 N–H and O–H groups in total. The molecule has 0 bridgehead atoms. The number of carbonyl (C=O) groups excluding carboxylic acids is 3. The topological polar surface area (TPSA) is 134 Å². The average Bonchev–Trinajstić information content (AvgIpc) is 3.09. The summed E-state index contributed by atoms with van der Waals surface area (Å²) in [5.74, 6) is -1.30. The second-order valence-corrected chi connectivity index (χ2v) is 6.49. The van der Waals surface area contributed by atoms with Gasteiger partial charge in [0.1, 0.15) is 11.8 Å². The molecule has 9 nitrogen and oxygen atoms in total. The van der Waals surface area contributed by atoms with Crippen LogP contribution in [0.3, 0.4) is 0 Å². The normalized spacial score (nSPS) is 12.7. The minimum absolute atomic E-state index is 0.00760. The molecule has 0 aliphatic rings. The zero-order valence-corrected chi connectivity index (χ0v) is 16.0. The molecule has 2 rings (SSSR count). The van der Waals surface area contributed by atoms with Crippen molar-refractivity contribution in [1.82, 2.24) is 21.1 Å². The largest absolute Gasteiger partial charge is 0.391 e. The van der Waals surface area contributed by atoms with E-state index in [1.807, 2.05) is 31.2 Å². The predicted molar refractivity (Wildman–Crippen MR) is 100 cm³/mol. The van der Waals surface area contributed by atoms with Gasteiger partial charge in [-0.05, 0) is 26.3 Å². The van der Waals surface area contributed by atoms with Crippen LogP contribution in [0.2, 0.25) is 0 Å². The van der Waals surface area contributed by atoms with Gasteiger partial charge in [-0.2, -0.15) is 0 Å². The van der Waals surface area contributed by atoms with E-state index in [0.717, 1.165) is 11.1 Å². The van der Waals surface area contributed by atoms with Crippen molar-refractivity contribution in [3.05, 3.63) is 52.9 Å². The van der Waals surface area contributed by atoms with Crippen molar-refractivity contribution in [2.45, 2.75) is 39.5 Å². The van der Waals surface area contributed by atoms with Crippen LogP contribution in [0, 0.1) is 13.8 Å². The van der Waals surface area contributed by atoms with Crippen LogP contribution in [0.1, 0.15) is 34.3 Å². The summed E-state index contributed by atoms with van der Waals surface area (Å²) in [7, 11) is 0. The number of benzene rings is 1. The molecule has 2 aromatic rings. The second-order valence-electron chi connectivity index (χ2n) is 6.49. The number of aliphatic hydroxyl groups is 1. The second kappa shape index (κ2) is 9.65. The molecule has 1 unspecified atom stereocenters. The first-order valence-electron chi connectivity index (χ1n) is 8.78. The van der Waals surface area contributed by atoms with Crippen molar-refractivity contribution in [3.63, 3.8) is 0 Å². The van der Waals surface area contributed by atoms with Crippen LogP contribution in [0.4, 0.5) is 0 Å². The average molecular weight is 388 g/mol. The number of aromatic nitrogens is 1. The molecule has 0 radical (unpaired) electrons. The summed E-state index contributed by atoms with van der Waals surface area (Å²) in [6.45, 7) is 5.00. The third-order valence-corrected chi connectivity index (χ3v) is 3.95. The van der Waals surface area contributed by atoms with Crippen LogP contribution in [-0.2, 0) is 16.1 Å². The number of hydrogen-bond donors (Lipinski definition) is 4. The minimum atomic E-state index is -1.24. The Labute approximate surface area is 162 Å². The van der Waals surface area contributed by atoms with Gasteiger partial charge in [-0.1, -0.05) is 35.0 Å². The van der Waals surface area contributed by atoms with Gasteiger partial charge in [0.2, 0.25) is 11.8 Å². The molecular formula is C19H24N4O5. The quantitative estimate of drug-likeness (QED) is 0.511. The van der Waals surface area contributed by atoms with E-state index in [0.29, 0.717) is 12.3 Å². The number of aryl methyl sites for hydroxylation is 2. The lowest BCUT2D eigenvalue weighted by molar-refractivity contribution is -0.128. The smallest absolute Gasteiger partial charge is 0.274 e. The molecule has 9 heteroatoms. The summed E-state index contributed by atoms with van der Waals surface area (Å²) in [6.07, 6.45) is -1.17. The number of amides is 3. The minimum Gasteiger partial charge on any atom is -0.391 e. The van der Waals surface area contributed by atoms with Crippen molar-refractivity contribution < 1.29 is 24.0 Å². The number of aliphatic hydroxyl groups excluding tert-OH is 1. The highest BCUT2D eigenvalue weighted by molar-refractivity contribution is 5.97. The fourth-order valence-corrected chi connectivity index (χ4v) is 2.34. The Morgan fingerprint density at radius 3 is 2.39 bits per heavy atom. The van der Waals surface area contributed by atoms with Gasteiger partial charge in [0.25, 0.3) is 5.91 Å². The van der Waals surface area contributed by atoms with E-state index in [2.05, 4.69) is 21.1 Å². The zero-order valence-electron chi connectivity index (χ0n) is 16.0. The standard InChI is InChI=1S/C19H24N4O5/c1-11-4-6-14(7-5-11)9-20-16(25)10-21-19(27)17(13(3)24)22-18(26)15-8-12(2)28-23-15/h4-8,13,17,24H,9-10H2,1-3H3,(H,20,25)(H,21,27)(H,22,26)/t13?,17-/m0/s1. The van der Waals surface area contributed by atoms with Crippen LogP contribution < -0.4 is 16.0 Å². The van der Waals surface area contributed by atoms with Gasteiger partial charge in [0.05, 0.1) is 12.6 Å². The molecule has 0 saturated heterocycles. The summed E-state index contributed by atoms with van der Waals surface area (Å²) in [5.41, 5.74) is 2.04. The summed E-state index contributed by atoms with van der Waals surface area (Å²) in [6, 6.07) is 7.85. The Hall–Kier alpha value is -3.20. The van der Waals surface area contributed by atoms with E-state index < -0.39 is 29.9 Å². The van der Waals surface area contributed by atoms with Crippen molar-refractivity contribution >= 4 is 17.7 Å². The molecule has 0 aliphatic heterocycles. The Morgan fingerprint density at radius 2 is 1.82 bits per heavy atom. The van der Waals surface area contributed by atoms with Gasteiger partial charge >= 0.3 is 0 Å². The maximum Gasteiger partial charge on any atom is 0.274 e. The highest BCUT2D eigenvalue weighted by Crippen LogP contribution is 2.04. The highest BCUT2D eigenvalue weighted by Gasteiger charge is 2.27. The number of nitrogens with zero attached hydrogens (tertiary/aromatic N) is 1. The molecule has 1 aromatic carbocycles. The fraction of sp³-hybridized carbons (Fsp3) is 0.368. The van der Waals surface area contributed by atoms with Gasteiger partial charge in [-0.3, -0.25) is 14.4 Å². The van der Waals surface area contributed by atoms with Crippen molar-refractivity contribution in [2.75, 3.05) is 6.54 Å². The van der Waals surface area contributed by atoms with Crippen molar-refractivity contribution in [3.8, 4) is 0 Å². The number of carbonyl (C=O) groups is 3. The van der Waals surface area contributed by atoms with E-state index in [-0.39, 0.29) is 12.2 Å². The molecule has 2 atom stereocenters.